The van der Waals surface area contributed by atoms with Crippen LogP contribution in [-0.4, -0.2) is 37.5 Å². The Morgan fingerprint density at radius 3 is 2.37 bits per heavy atom. The average molecular weight is 261 g/mol. The fraction of sp³-hybridized carbons (Fsp3) is 0.533. The quantitative estimate of drug-likeness (QED) is 0.856. The number of hydrogen-bond donors (Lipinski definition) is 2. The smallest absolute Gasteiger partial charge is 0.225 e. The van der Waals surface area contributed by atoms with Crippen LogP contribution < -0.4 is 10.6 Å². The maximum atomic E-state index is 11.9. The number of piperidine rings is 1. The van der Waals surface area contributed by atoms with Gasteiger partial charge in [-0.2, -0.15) is 0 Å². The van der Waals surface area contributed by atoms with Gasteiger partial charge >= 0.3 is 0 Å². The standard InChI is InChI=1S/C15H23N3O/c1-16-13-5-7-14(8-6-13)17-15(19)9-12-18-10-3-2-4-11-18/h5-8,16H,2-4,9-12H2,1H3,(H,17,19). The highest BCUT2D eigenvalue weighted by Gasteiger charge is 2.11. The number of nitrogens with zero attached hydrogens (tertiary/aromatic N) is 1. The van der Waals surface area contributed by atoms with E-state index >= 15 is 0 Å². The highest BCUT2D eigenvalue weighted by molar-refractivity contribution is 5.90. The van der Waals surface area contributed by atoms with Gasteiger partial charge in [0.15, 0.2) is 0 Å². The first kappa shape index (κ1) is 13.9. The van der Waals surface area contributed by atoms with Crippen molar-refractivity contribution in [2.75, 3.05) is 37.3 Å². The van der Waals surface area contributed by atoms with E-state index in [-0.39, 0.29) is 5.91 Å². The third kappa shape index (κ3) is 4.56. The summed E-state index contributed by atoms with van der Waals surface area (Å²) in [5.41, 5.74) is 1.91. The minimum absolute atomic E-state index is 0.0998. The lowest BCUT2D eigenvalue weighted by Crippen LogP contribution is -2.32. The second kappa shape index (κ2) is 7.14. The van der Waals surface area contributed by atoms with Crippen molar-refractivity contribution in [2.45, 2.75) is 25.7 Å². The zero-order valence-corrected chi connectivity index (χ0v) is 11.6. The molecule has 4 heteroatoms. The summed E-state index contributed by atoms with van der Waals surface area (Å²) in [6.45, 7) is 3.16. The van der Waals surface area contributed by atoms with Crippen molar-refractivity contribution < 1.29 is 4.79 Å². The van der Waals surface area contributed by atoms with Crippen LogP contribution in [-0.2, 0) is 4.79 Å². The number of hydrogen-bond acceptors (Lipinski definition) is 3. The predicted octanol–water partition coefficient (Wildman–Crippen LogP) is 2.54. The van der Waals surface area contributed by atoms with Gasteiger partial charge in [0.05, 0.1) is 0 Å². The Bertz CT molecular complexity index is 396. The molecule has 1 aromatic rings. The van der Waals surface area contributed by atoms with E-state index < -0.39 is 0 Å². The average Bonchev–Trinajstić information content (AvgIpc) is 2.47. The van der Waals surface area contributed by atoms with Crippen molar-refractivity contribution >= 4 is 17.3 Å². The Kier molecular flexibility index (Phi) is 5.21. The van der Waals surface area contributed by atoms with Gasteiger partial charge in [-0.25, -0.2) is 0 Å². The van der Waals surface area contributed by atoms with Crippen molar-refractivity contribution in [3.8, 4) is 0 Å². The van der Waals surface area contributed by atoms with Gasteiger partial charge < -0.3 is 15.5 Å². The van der Waals surface area contributed by atoms with Crippen LogP contribution in [0.1, 0.15) is 25.7 Å². The summed E-state index contributed by atoms with van der Waals surface area (Å²) in [7, 11) is 1.88. The van der Waals surface area contributed by atoms with Gasteiger partial charge in [0.25, 0.3) is 0 Å². The molecular weight excluding hydrogens is 238 g/mol. The largest absolute Gasteiger partial charge is 0.388 e. The summed E-state index contributed by atoms with van der Waals surface area (Å²) in [6.07, 6.45) is 4.45. The Morgan fingerprint density at radius 2 is 1.74 bits per heavy atom. The van der Waals surface area contributed by atoms with E-state index in [1.165, 1.54) is 19.3 Å². The van der Waals surface area contributed by atoms with Gasteiger partial charge in [-0.05, 0) is 50.2 Å². The molecule has 1 heterocycles. The molecule has 19 heavy (non-hydrogen) atoms. The normalized spacial score (nSPS) is 16.1. The zero-order valence-electron chi connectivity index (χ0n) is 11.6. The molecule has 2 N–H and O–H groups in total. The van der Waals surface area contributed by atoms with Crippen LogP contribution in [0, 0.1) is 0 Å². The molecule has 4 nitrogen and oxygen atoms in total. The van der Waals surface area contributed by atoms with E-state index in [0.29, 0.717) is 6.42 Å². The number of benzene rings is 1. The zero-order chi connectivity index (χ0) is 13.5. The lowest BCUT2D eigenvalue weighted by molar-refractivity contribution is -0.116. The number of likely N-dealkylation sites (tertiary alicyclic amines) is 1. The molecule has 1 amide bonds. The lowest BCUT2D eigenvalue weighted by atomic mass is 10.1. The van der Waals surface area contributed by atoms with E-state index in [2.05, 4.69) is 15.5 Å². The van der Waals surface area contributed by atoms with E-state index in [4.69, 9.17) is 0 Å². The predicted molar refractivity (Wildman–Crippen MR) is 79.5 cm³/mol. The van der Waals surface area contributed by atoms with Gasteiger partial charge in [-0.3, -0.25) is 4.79 Å². The highest BCUT2D eigenvalue weighted by atomic mass is 16.1. The molecule has 0 atom stereocenters. The first-order chi connectivity index (χ1) is 9.28. The third-order valence-corrected chi connectivity index (χ3v) is 3.56. The van der Waals surface area contributed by atoms with E-state index in [0.717, 1.165) is 31.0 Å². The maximum Gasteiger partial charge on any atom is 0.225 e. The van der Waals surface area contributed by atoms with Gasteiger partial charge in [0, 0.05) is 31.4 Å². The molecule has 0 spiro atoms. The van der Waals surface area contributed by atoms with Crippen LogP contribution in [0.3, 0.4) is 0 Å². The Morgan fingerprint density at radius 1 is 1.11 bits per heavy atom. The van der Waals surface area contributed by atoms with Crippen LogP contribution in [0.25, 0.3) is 0 Å². The third-order valence-electron chi connectivity index (χ3n) is 3.56. The molecule has 2 rings (SSSR count). The summed E-state index contributed by atoms with van der Waals surface area (Å²) < 4.78 is 0. The summed E-state index contributed by atoms with van der Waals surface area (Å²) in [6, 6.07) is 7.76. The number of carbonyl (C=O) groups is 1. The summed E-state index contributed by atoms with van der Waals surface area (Å²) in [5, 5.41) is 6.00. The molecule has 1 aliphatic heterocycles. The van der Waals surface area contributed by atoms with Gasteiger partial charge in [0.1, 0.15) is 0 Å². The van der Waals surface area contributed by atoms with E-state index in [9.17, 15) is 4.79 Å². The molecule has 0 unspecified atom stereocenters. The maximum absolute atomic E-state index is 11.9. The van der Waals surface area contributed by atoms with Crippen molar-refractivity contribution in [3.63, 3.8) is 0 Å². The van der Waals surface area contributed by atoms with Crippen molar-refractivity contribution in [1.29, 1.82) is 0 Å². The molecule has 1 saturated heterocycles. The van der Waals surface area contributed by atoms with Crippen molar-refractivity contribution in [1.82, 2.24) is 4.90 Å². The molecule has 0 bridgehead atoms. The molecule has 1 fully saturated rings. The minimum Gasteiger partial charge on any atom is -0.388 e. The van der Waals surface area contributed by atoms with Gasteiger partial charge in [-0.1, -0.05) is 6.42 Å². The van der Waals surface area contributed by atoms with Gasteiger partial charge in [-0.15, -0.1) is 0 Å². The SMILES string of the molecule is CNc1ccc(NC(=O)CCN2CCCCC2)cc1. The molecule has 0 saturated carbocycles. The summed E-state index contributed by atoms with van der Waals surface area (Å²) in [4.78, 5) is 14.2. The van der Waals surface area contributed by atoms with Gasteiger partial charge in [0.2, 0.25) is 5.91 Å². The van der Waals surface area contributed by atoms with E-state index in [1.54, 1.807) is 0 Å². The first-order valence-corrected chi connectivity index (χ1v) is 7.08. The Balaban J connectivity index is 1.73. The molecule has 0 aliphatic carbocycles. The monoisotopic (exact) mass is 261 g/mol. The minimum atomic E-state index is 0.0998. The number of amides is 1. The fourth-order valence-corrected chi connectivity index (χ4v) is 2.39. The fourth-order valence-electron chi connectivity index (χ4n) is 2.39. The number of rotatable bonds is 5. The molecule has 1 aromatic carbocycles. The number of nitrogens with one attached hydrogen (secondary N) is 2. The molecular formula is C15H23N3O. The molecule has 104 valence electrons. The van der Waals surface area contributed by atoms with Crippen LogP contribution in [0.2, 0.25) is 0 Å². The van der Waals surface area contributed by atoms with Crippen LogP contribution in [0.15, 0.2) is 24.3 Å². The van der Waals surface area contributed by atoms with E-state index in [1.807, 2.05) is 31.3 Å². The number of anilines is 2. The van der Waals surface area contributed by atoms with Crippen molar-refractivity contribution in [2.24, 2.45) is 0 Å². The second-order valence-corrected chi connectivity index (χ2v) is 5.03. The highest BCUT2D eigenvalue weighted by Crippen LogP contribution is 2.13. The van der Waals surface area contributed by atoms with Crippen LogP contribution in [0.4, 0.5) is 11.4 Å². The number of carbonyl (C=O) groups excluding carboxylic acids is 1. The first-order valence-electron chi connectivity index (χ1n) is 7.08. The topological polar surface area (TPSA) is 44.4 Å². The summed E-state index contributed by atoms with van der Waals surface area (Å²) >= 11 is 0. The van der Waals surface area contributed by atoms with Crippen molar-refractivity contribution in [3.05, 3.63) is 24.3 Å². The van der Waals surface area contributed by atoms with Crippen LogP contribution >= 0.6 is 0 Å². The Labute approximate surface area is 115 Å². The molecule has 0 aromatic heterocycles. The second-order valence-electron chi connectivity index (χ2n) is 5.03. The molecule has 1 aliphatic rings. The Hall–Kier alpha value is -1.55. The summed E-state index contributed by atoms with van der Waals surface area (Å²) in [5.74, 6) is 0.0998. The molecule has 0 radical (unpaired) electrons. The lowest BCUT2D eigenvalue weighted by Gasteiger charge is -2.25. The van der Waals surface area contributed by atoms with Crippen LogP contribution in [0.5, 0.6) is 0 Å².